The van der Waals surface area contributed by atoms with Gasteiger partial charge in [-0.1, -0.05) is 12.1 Å². The number of rotatable bonds is 4. The van der Waals surface area contributed by atoms with Gasteiger partial charge in [-0.3, -0.25) is 9.59 Å². The van der Waals surface area contributed by atoms with Gasteiger partial charge in [0.25, 0.3) is 0 Å². The molecule has 2 aromatic rings. The Kier molecular flexibility index (Phi) is 6.32. The van der Waals surface area contributed by atoms with Crippen molar-refractivity contribution in [3.63, 3.8) is 0 Å². The van der Waals surface area contributed by atoms with E-state index in [1.807, 2.05) is 0 Å². The topological polar surface area (TPSA) is 193 Å². The van der Waals surface area contributed by atoms with Crippen LogP contribution in [-0.2, 0) is 15.9 Å². The van der Waals surface area contributed by atoms with Gasteiger partial charge in [-0.15, -0.1) is 0 Å². The minimum Gasteiger partial charge on any atom is -0.507 e. The first-order valence-electron chi connectivity index (χ1n) is 12.3. The van der Waals surface area contributed by atoms with Crippen LogP contribution >= 0.6 is 0 Å². The number of nitrogens with one attached hydrogen (secondary N) is 1. The number of ketones is 2. The summed E-state index contributed by atoms with van der Waals surface area (Å²) in [6.45, 7) is 3.03. The summed E-state index contributed by atoms with van der Waals surface area (Å²) in [4.78, 5) is 27.2. The van der Waals surface area contributed by atoms with Crippen LogP contribution in [-0.4, -0.2) is 75.0 Å². The van der Waals surface area contributed by atoms with E-state index in [9.17, 15) is 30.0 Å². The Labute approximate surface area is 218 Å². The number of aliphatic hydroxyl groups excluding tert-OH is 1. The van der Waals surface area contributed by atoms with Crippen molar-refractivity contribution in [2.75, 3.05) is 7.11 Å². The molecule has 1 heterocycles. The Morgan fingerprint density at radius 2 is 1.84 bits per heavy atom. The predicted octanol–water partition coefficient (Wildman–Crippen LogP) is 1.48. The highest BCUT2D eigenvalue weighted by molar-refractivity contribution is 6.31. The highest BCUT2D eigenvalue weighted by atomic mass is 16.7. The predicted molar refractivity (Wildman–Crippen MR) is 133 cm³/mol. The zero-order valence-electron chi connectivity index (χ0n) is 21.1. The van der Waals surface area contributed by atoms with E-state index in [-0.39, 0.29) is 64.1 Å². The maximum Gasteiger partial charge on any atom is 0.202 e. The van der Waals surface area contributed by atoms with E-state index >= 15 is 0 Å². The van der Waals surface area contributed by atoms with Crippen molar-refractivity contribution in [3.8, 4) is 17.2 Å². The number of phenolic OH excluding ortho intramolecular Hbond substituents is 2. The van der Waals surface area contributed by atoms with Crippen molar-refractivity contribution in [2.24, 2.45) is 5.73 Å². The van der Waals surface area contributed by atoms with Gasteiger partial charge in [0, 0.05) is 47.7 Å². The number of benzene rings is 2. The van der Waals surface area contributed by atoms with E-state index in [0.717, 1.165) is 0 Å². The monoisotopic (exact) mass is 526 g/mol. The van der Waals surface area contributed by atoms with Crippen LogP contribution in [0.25, 0.3) is 0 Å². The normalized spacial score (nSPS) is 30.3. The van der Waals surface area contributed by atoms with Crippen molar-refractivity contribution in [1.82, 2.24) is 0 Å². The maximum atomic E-state index is 13.6. The molecule has 0 spiro atoms. The fraction of sp³-hybridized carbons (Fsp3) is 0.444. The zero-order chi connectivity index (χ0) is 27.7. The number of hydrogen-bond donors (Lipinski definition) is 6. The number of fused-ring (bicyclic) bond motifs is 3. The molecule has 0 aromatic heterocycles. The Morgan fingerprint density at radius 1 is 1.16 bits per heavy atom. The first-order chi connectivity index (χ1) is 17.9. The minimum absolute atomic E-state index is 0.00714. The molecule has 2 aliphatic carbocycles. The van der Waals surface area contributed by atoms with Gasteiger partial charge in [0.15, 0.2) is 12.1 Å². The highest BCUT2D eigenvalue weighted by Gasteiger charge is 2.48. The number of carbonyl (C=O) groups excluding carboxylic acids is 2. The van der Waals surface area contributed by atoms with E-state index < -0.39 is 59.3 Å². The zero-order valence-corrected chi connectivity index (χ0v) is 21.1. The summed E-state index contributed by atoms with van der Waals surface area (Å²) in [5, 5.41) is 52.5. The van der Waals surface area contributed by atoms with Crippen LogP contribution in [0.15, 0.2) is 18.2 Å². The molecule has 0 amide bonds. The van der Waals surface area contributed by atoms with E-state index in [4.69, 9.17) is 25.4 Å². The number of hydrogen-bond acceptors (Lipinski definition) is 11. The van der Waals surface area contributed by atoms with Crippen LogP contribution in [0.4, 0.5) is 0 Å². The Bertz CT molecular complexity index is 1360. The van der Waals surface area contributed by atoms with Crippen LogP contribution in [0.1, 0.15) is 75.8 Å². The molecule has 2 aromatic carbocycles. The lowest BCUT2D eigenvalue weighted by atomic mass is 9.72. The fourth-order valence-electron chi connectivity index (χ4n) is 5.68. The molecule has 0 saturated carbocycles. The van der Waals surface area contributed by atoms with Gasteiger partial charge in [-0.05, 0) is 19.9 Å². The number of carbonyl (C=O) groups is 2. The Morgan fingerprint density at radius 3 is 2.47 bits per heavy atom. The van der Waals surface area contributed by atoms with E-state index in [1.54, 1.807) is 6.92 Å². The third-order valence-electron chi connectivity index (χ3n) is 7.84. The number of methoxy groups -OCH3 is 1. The molecule has 1 fully saturated rings. The number of nitrogens with two attached hydrogens (primary N) is 1. The Balaban J connectivity index is 1.68. The van der Waals surface area contributed by atoms with Crippen LogP contribution < -0.4 is 10.5 Å². The molecule has 6 atom stereocenters. The third kappa shape index (κ3) is 3.81. The number of aromatic hydroxyl groups is 2. The van der Waals surface area contributed by atoms with Crippen molar-refractivity contribution in [2.45, 2.75) is 69.4 Å². The van der Waals surface area contributed by atoms with Gasteiger partial charge in [0.1, 0.15) is 22.8 Å². The van der Waals surface area contributed by atoms with Gasteiger partial charge < -0.3 is 45.8 Å². The average molecular weight is 527 g/mol. The minimum atomic E-state index is -1.78. The molecule has 11 heteroatoms. The van der Waals surface area contributed by atoms with E-state index in [1.165, 1.54) is 32.2 Å². The highest BCUT2D eigenvalue weighted by Crippen LogP contribution is 2.52. The molecule has 1 saturated heterocycles. The lowest BCUT2D eigenvalue weighted by molar-refractivity contribution is -0.245. The van der Waals surface area contributed by atoms with Crippen LogP contribution in [0.3, 0.4) is 0 Å². The summed E-state index contributed by atoms with van der Waals surface area (Å²) in [7, 11) is 1.35. The number of ether oxygens (including phenoxy) is 3. The van der Waals surface area contributed by atoms with Gasteiger partial charge >= 0.3 is 0 Å². The second-order valence-corrected chi connectivity index (χ2v) is 10.2. The van der Waals surface area contributed by atoms with Crippen LogP contribution in [0.2, 0.25) is 0 Å². The molecule has 11 nitrogen and oxygen atoms in total. The summed E-state index contributed by atoms with van der Waals surface area (Å²) in [5.41, 5.74) is 3.35. The fourth-order valence-corrected chi connectivity index (χ4v) is 5.68. The Hall–Kier alpha value is -3.35. The second kappa shape index (κ2) is 9.14. The molecule has 5 rings (SSSR count). The van der Waals surface area contributed by atoms with Gasteiger partial charge in [-0.2, -0.15) is 0 Å². The quantitative estimate of drug-likeness (QED) is 0.214. The average Bonchev–Trinajstić information content (AvgIpc) is 2.87. The lowest BCUT2D eigenvalue weighted by Crippen LogP contribution is -2.52. The maximum absolute atomic E-state index is 13.6. The SMILES string of the molecule is COc1cccc2c1C(=O)c1c(O)c3c(c(O)c1C2=O)C[C@@](O)(C(C)=N)C[C@@H]3O[C@H]1C[C@H](N)[C@H](O)[C@H](C)O1. The number of phenols is 2. The van der Waals surface area contributed by atoms with E-state index in [2.05, 4.69) is 0 Å². The molecule has 202 valence electrons. The second-order valence-electron chi connectivity index (χ2n) is 10.2. The molecule has 7 N–H and O–H groups in total. The largest absolute Gasteiger partial charge is 0.507 e. The van der Waals surface area contributed by atoms with Gasteiger partial charge in [0.2, 0.25) is 5.78 Å². The smallest absolute Gasteiger partial charge is 0.202 e. The molecule has 1 aliphatic heterocycles. The molecule has 0 radical (unpaired) electrons. The van der Waals surface area contributed by atoms with Gasteiger partial charge in [-0.25, -0.2) is 0 Å². The first kappa shape index (κ1) is 26.3. The third-order valence-corrected chi connectivity index (χ3v) is 7.84. The first-order valence-corrected chi connectivity index (χ1v) is 12.3. The summed E-state index contributed by atoms with van der Waals surface area (Å²) < 4.78 is 17.2. The molecule has 0 unspecified atom stereocenters. The van der Waals surface area contributed by atoms with Crippen LogP contribution in [0, 0.1) is 5.41 Å². The van der Waals surface area contributed by atoms with Gasteiger partial charge in [0.05, 0.1) is 42.1 Å². The van der Waals surface area contributed by atoms with E-state index in [0.29, 0.717) is 0 Å². The molecule has 3 aliphatic rings. The molecular formula is C27H30N2O9. The number of aliphatic hydroxyl groups is 2. The van der Waals surface area contributed by atoms with Crippen molar-refractivity contribution >= 4 is 17.3 Å². The van der Waals surface area contributed by atoms with Crippen LogP contribution in [0.5, 0.6) is 17.2 Å². The van der Waals surface area contributed by atoms with Crippen molar-refractivity contribution < 1.29 is 44.2 Å². The molecular weight excluding hydrogens is 496 g/mol. The summed E-state index contributed by atoms with van der Waals surface area (Å²) >= 11 is 0. The summed E-state index contributed by atoms with van der Waals surface area (Å²) in [6.07, 6.45) is -4.08. The standard InChI is InChI=1S/C27H30N2O9/c1-10-22(30)14(29)7-17(37-10)38-16-9-27(35,11(2)28)8-13-19(16)26(34)21-20(24(13)32)23(31)12-5-4-6-15(36-3)18(12)25(21)33/h4-6,10,14,16-17,22,28,30,32,34-35H,7-9,29H2,1-3H3/t10-,14-,16-,17-,22+,27-/m0/s1. The lowest BCUT2D eigenvalue weighted by Gasteiger charge is -2.42. The molecule has 0 bridgehead atoms. The van der Waals surface area contributed by atoms with Crippen molar-refractivity contribution in [1.29, 1.82) is 5.41 Å². The molecule has 38 heavy (non-hydrogen) atoms. The summed E-state index contributed by atoms with van der Waals surface area (Å²) in [5.74, 6) is -2.39. The summed E-state index contributed by atoms with van der Waals surface area (Å²) in [6, 6.07) is 3.82. The van der Waals surface area contributed by atoms with Crippen molar-refractivity contribution in [3.05, 3.63) is 51.6 Å².